The summed E-state index contributed by atoms with van der Waals surface area (Å²) in [5.41, 5.74) is -2.14. The molecule has 0 bridgehead atoms. The standard InChI is InChI=1S/C26H22F2N3O7PS/c27-26(28,39(35,36)37)21-9-3-18(4-10-21)14-31(13-17-1-5-19(6-2-17)23-16-40-30-29-23)25(34)20-7-11-22(12-8-20)38-15-24(32)33/h1-12,16H,13-15H2,(H,32,33)(H2,35,36,37). The molecule has 1 amide bonds. The van der Waals surface area contributed by atoms with E-state index in [-0.39, 0.29) is 24.4 Å². The van der Waals surface area contributed by atoms with E-state index < -0.39 is 37.3 Å². The number of nitrogens with zero attached hydrogens (tertiary/aromatic N) is 3. The molecular weight excluding hydrogens is 567 g/mol. The van der Waals surface area contributed by atoms with Gasteiger partial charge >= 0.3 is 19.2 Å². The van der Waals surface area contributed by atoms with Crippen molar-refractivity contribution in [3.8, 4) is 17.0 Å². The Morgan fingerprint density at radius 2 is 1.50 bits per heavy atom. The highest BCUT2D eigenvalue weighted by Crippen LogP contribution is 2.59. The van der Waals surface area contributed by atoms with Gasteiger partial charge in [-0.05, 0) is 46.9 Å². The number of carbonyl (C=O) groups is 2. The van der Waals surface area contributed by atoms with Crippen LogP contribution in [0.25, 0.3) is 11.3 Å². The Balaban J connectivity index is 1.58. The predicted octanol–water partition coefficient (Wildman–Crippen LogP) is 4.74. The molecule has 0 aliphatic carbocycles. The molecule has 4 aromatic rings. The van der Waals surface area contributed by atoms with Crippen molar-refractivity contribution in [3.05, 3.63) is 100 Å². The maximum atomic E-state index is 14.1. The lowest BCUT2D eigenvalue weighted by atomic mass is 10.1. The number of halogens is 2. The zero-order valence-corrected chi connectivity index (χ0v) is 22.3. The molecule has 208 valence electrons. The number of rotatable bonds is 11. The highest BCUT2D eigenvalue weighted by molar-refractivity contribution is 7.52. The third kappa shape index (κ3) is 6.93. The van der Waals surface area contributed by atoms with E-state index in [2.05, 4.69) is 9.59 Å². The summed E-state index contributed by atoms with van der Waals surface area (Å²) >= 11 is 1.22. The maximum absolute atomic E-state index is 14.1. The Morgan fingerprint density at radius 1 is 0.925 bits per heavy atom. The van der Waals surface area contributed by atoms with E-state index >= 15 is 0 Å². The van der Waals surface area contributed by atoms with Gasteiger partial charge in [-0.2, -0.15) is 8.78 Å². The topological polar surface area (TPSA) is 150 Å². The van der Waals surface area contributed by atoms with Crippen LogP contribution in [0.15, 0.2) is 78.2 Å². The van der Waals surface area contributed by atoms with E-state index in [1.807, 2.05) is 24.3 Å². The van der Waals surface area contributed by atoms with Crippen LogP contribution in [0.5, 0.6) is 5.75 Å². The van der Waals surface area contributed by atoms with Crippen LogP contribution in [0.4, 0.5) is 8.78 Å². The lowest BCUT2D eigenvalue weighted by Crippen LogP contribution is -2.30. The van der Waals surface area contributed by atoms with Gasteiger partial charge in [-0.3, -0.25) is 9.36 Å². The first-order chi connectivity index (χ1) is 18.9. The number of hydrogen-bond donors (Lipinski definition) is 3. The molecule has 0 spiro atoms. The number of aliphatic carboxylic acids is 1. The van der Waals surface area contributed by atoms with Gasteiger partial charge in [-0.25, -0.2) is 4.79 Å². The van der Waals surface area contributed by atoms with Crippen molar-refractivity contribution in [1.82, 2.24) is 14.5 Å². The fourth-order valence-corrected chi connectivity index (χ4v) is 4.66. The molecule has 0 aliphatic rings. The highest BCUT2D eigenvalue weighted by Gasteiger charge is 2.50. The average molecular weight is 590 g/mol. The second-order valence-electron chi connectivity index (χ2n) is 8.64. The number of aromatic nitrogens is 2. The van der Waals surface area contributed by atoms with Gasteiger partial charge in [0.2, 0.25) is 0 Å². The molecule has 1 heterocycles. The number of hydrogen-bond acceptors (Lipinski definition) is 7. The normalized spacial score (nSPS) is 11.7. The quantitative estimate of drug-likeness (QED) is 0.211. The molecule has 3 aromatic carbocycles. The molecule has 0 atom stereocenters. The van der Waals surface area contributed by atoms with Gasteiger partial charge in [0.25, 0.3) is 5.91 Å². The maximum Gasteiger partial charge on any atom is 0.399 e. The molecule has 40 heavy (non-hydrogen) atoms. The Morgan fingerprint density at radius 3 is 2.00 bits per heavy atom. The monoisotopic (exact) mass is 589 g/mol. The largest absolute Gasteiger partial charge is 0.482 e. The van der Waals surface area contributed by atoms with E-state index in [1.54, 1.807) is 5.38 Å². The Labute approximate surface area is 230 Å². The minimum Gasteiger partial charge on any atom is -0.482 e. The minimum atomic E-state index is -5.72. The summed E-state index contributed by atoms with van der Waals surface area (Å²) in [5, 5.41) is 14.6. The first-order valence-corrected chi connectivity index (χ1v) is 14.0. The fourth-order valence-electron chi connectivity index (χ4n) is 3.71. The zero-order valence-electron chi connectivity index (χ0n) is 20.6. The van der Waals surface area contributed by atoms with Gasteiger partial charge in [0.15, 0.2) is 6.61 Å². The average Bonchev–Trinajstić information content (AvgIpc) is 3.47. The number of alkyl halides is 2. The summed E-state index contributed by atoms with van der Waals surface area (Å²) in [6.45, 7) is -0.398. The van der Waals surface area contributed by atoms with Crippen molar-refractivity contribution >= 4 is 31.0 Å². The highest BCUT2D eigenvalue weighted by atomic mass is 32.1. The summed E-state index contributed by atoms with van der Waals surface area (Å²) in [7, 11) is -5.72. The number of ether oxygens (including phenoxy) is 1. The second kappa shape index (κ2) is 12.0. The second-order valence-corrected chi connectivity index (χ2v) is 10.9. The van der Waals surface area contributed by atoms with Crippen LogP contribution in [-0.4, -0.2) is 47.9 Å². The van der Waals surface area contributed by atoms with Crippen LogP contribution in [0, 0.1) is 0 Å². The summed E-state index contributed by atoms with van der Waals surface area (Å²) in [6.07, 6.45) is 0. The lowest BCUT2D eigenvalue weighted by molar-refractivity contribution is -0.139. The van der Waals surface area contributed by atoms with Gasteiger partial charge in [0, 0.05) is 35.2 Å². The van der Waals surface area contributed by atoms with E-state index in [0.717, 1.165) is 23.3 Å². The van der Waals surface area contributed by atoms with E-state index in [1.165, 1.54) is 52.8 Å². The molecule has 14 heteroatoms. The molecule has 0 saturated heterocycles. The van der Waals surface area contributed by atoms with E-state index in [4.69, 9.17) is 19.6 Å². The minimum absolute atomic E-state index is 0.00435. The van der Waals surface area contributed by atoms with E-state index in [9.17, 15) is 22.9 Å². The molecule has 1 aromatic heterocycles. The number of carbonyl (C=O) groups excluding carboxylic acids is 1. The number of carboxylic acids is 1. The van der Waals surface area contributed by atoms with Crippen LogP contribution in [0.2, 0.25) is 0 Å². The Bertz CT molecular complexity index is 1510. The molecule has 0 unspecified atom stereocenters. The molecular formula is C26H22F2N3O7PS. The summed E-state index contributed by atoms with van der Waals surface area (Å²) in [4.78, 5) is 43.7. The Hall–Kier alpha value is -4.03. The smallest absolute Gasteiger partial charge is 0.399 e. The zero-order chi connectivity index (χ0) is 28.9. The molecule has 3 N–H and O–H groups in total. The third-order valence-electron chi connectivity index (χ3n) is 5.77. The molecule has 10 nitrogen and oxygen atoms in total. The number of amides is 1. The molecule has 0 aliphatic heterocycles. The molecule has 0 saturated carbocycles. The van der Waals surface area contributed by atoms with Crippen LogP contribution in [0.3, 0.4) is 0 Å². The predicted molar refractivity (Wildman–Crippen MR) is 141 cm³/mol. The Kier molecular flexibility index (Phi) is 8.70. The lowest BCUT2D eigenvalue weighted by Gasteiger charge is -2.24. The molecule has 4 rings (SSSR count). The van der Waals surface area contributed by atoms with Gasteiger partial charge in [-0.1, -0.05) is 53.0 Å². The third-order valence-corrected chi connectivity index (χ3v) is 7.27. The summed E-state index contributed by atoms with van der Waals surface area (Å²) < 4.78 is 48.3. The van der Waals surface area contributed by atoms with Crippen molar-refractivity contribution in [2.24, 2.45) is 0 Å². The van der Waals surface area contributed by atoms with Crippen molar-refractivity contribution in [2.45, 2.75) is 18.8 Å². The van der Waals surface area contributed by atoms with Gasteiger partial charge < -0.3 is 24.5 Å². The van der Waals surface area contributed by atoms with Crippen molar-refractivity contribution in [3.63, 3.8) is 0 Å². The van der Waals surface area contributed by atoms with Crippen molar-refractivity contribution in [1.29, 1.82) is 0 Å². The van der Waals surface area contributed by atoms with Crippen LogP contribution >= 0.6 is 19.1 Å². The van der Waals surface area contributed by atoms with Gasteiger partial charge in [0.05, 0.1) is 0 Å². The van der Waals surface area contributed by atoms with E-state index in [0.29, 0.717) is 11.3 Å². The van der Waals surface area contributed by atoms with Gasteiger partial charge in [-0.15, -0.1) is 5.10 Å². The summed E-state index contributed by atoms with van der Waals surface area (Å²) in [5.74, 6) is -1.28. The van der Waals surface area contributed by atoms with Crippen molar-refractivity contribution in [2.75, 3.05) is 6.61 Å². The SMILES string of the molecule is O=C(O)COc1ccc(C(=O)N(Cc2ccc(-c3csnn3)cc2)Cc2ccc(C(F)(F)P(=O)(O)O)cc2)cc1. The number of benzene rings is 3. The fraction of sp³-hybridized carbons (Fsp3) is 0.154. The summed E-state index contributed by atoms with van der Waals surface area (Å²) in [6, 6.07) is 17.6. The first kappa shape index (κ1) is 29.0. The number of carboxylic acid groups (broad SMARTS) is 1. The molecule has 0 radical (unpaired) electrons. The van der Waals surface area contributed by atoms with Crippen LogP contribution < -0.4 is 4.74 Å². The van der Waals surface area contributed by atoms with Crippen LogP contribution in [-0.2, 0) is 28.1 Å². The molecule has 0 fully saturated rings. The first-order valence-electron chi connectivity index (χ1n) is 11.6. The van der Waals surface area contributed by atoms with Gasteiger partial charge in [0.1, 0.15) is 11.4 Å². The van der Waals surface area contributed by atoms with Crippen LogP contribution in [0.1, 0.15) is 27.0 Å². The van der Waals surface area contributed by atoms with Crippen molar-refractivity contribution < 1.29 is 42.6 Å².